The predicted molar refractivity (Wildman–Crippen MR) is 318 cm³/mol. The summed E-state index contributed by atoms with van der Waals surface area (Å²) in [5, 5.41) is 9.10. The molecular formula is C74H86O2. The molecular weight excluding hydrogens is 921 g/mol. The first-order valence-electron chi connectivity index (χ1n) is 30.5. The van der Waals surface area contributed by atoms with Crippen LogP contribution >= 0.6 is 0 Å². The molecule has 0 saturated heterocycles. The Balaban J connectivity index is 0.985. The molecule has 1 N–H and O–H groups in total. The zero-order valence-corrected chi connectivity index (χ0v) is 46.6. The van der Waals surface area contributed by atoms with Gasteiger partial charge in [-0.1, -0.05) is 263 Å². The second-order valence-corrected chi connectivity index (χ2v) is 23.0. The van der Waals surface area contributed by atoms with Crippen molar-refractivity contribution in [2.45, 2.75) is 205 Å². The summed E-state index contributed by atoms with van der Waals surface area (Å²) in [6.45, 7) is 7.66. The number of aryl methyl sites for hydroxylation is 2. The SMILES string of the molecule is CC#Cc1c2c(c(C#Cc3cc(OCCCCCCCCCCCCCC)c(C)cc3CCCCCCCCCCCCCCO)c3c1C1c4ccccc4C3c3ccccc31)C1c3ccccc3C2c2ccccc21. The Morgan fingerprint density at radius 2 is 0.750 bits per heavy atom. The van der Waals surface area contributed by atoms with Gasteiger partial charge in [0.1, 0.15) is 5.75 Å². The summed E-state index contributed by atoms with van der Waals surface area (Å²) in [6.07, 6.45) is 32.1. The third kappa shape index (κ3) is 11.4. The van der Waals surface area contributed by atoms with Crippen LogP contribution in [0.1, 0.15) is 286 Å². The molecule has 0 fully saturated rings. The molecule has 0 saturated carbocycles. The van der Waals surface area contributed by atoms with Crippen LogP contribution in [0.25, 0.3) is 0 Å². The van der Waals surface area contributed by atoms with Crippen LogP contribution in [0.2, 0.25) is 0 Å². The van der Waals surface area contributed by atoms with Crippen molar-refractivity contribution in [3.8, 4) is 29.4 Å². The van der Waals surface area contributed by atoms with E-state index in [-0.39, 0.29) is 23.7 Å². The van der Waals surface area contributed by atoms with Crippen LogP contribution in [-0.2, 0) is 6.42 Å². The fraction of sp³-hybridized carbons (Fsp3) is 0.459. The molecule has 394 valence electrons. The molecule has 0 spiro atoms. The highest BCUT2D eigenvalue weighted by molar-refractivity contribution is 5.82. The molecule has 6 aromatic rings. The Kier molecular flexibility index (Phi) is 18.7. The van der Waals surface area contributed by atoms with Crippen LogP contribution in [0.15, 0.2) is 109 Å². The summed E-state index contributed by atoms with van der Waals surface area (Å²) >= 11 is 0. The molecule has 0 unspecified atom stereocenters. The molecule has 6 aliphatic rings. The smallest absolute Gasteiger partial charge is 0.123 e. The number of hydrogen-bond acceptors (Lipinski definition) is 2. The lowest BCUT2D eigenvalue weighted by Gasteiger charge is -2.48. The Bertz CT molecular complexity index is 2830. The first-order valence-corrected chi connectivity index (χ1v) is 30.5. The van der Waals surface area contributed by atoms with Crippen molar-refractivity contribution in [1.82, 2.24) is 0 Å². The Morgan fingerprint density at radius 1 is 0.408 bits per heavy atom. The van der Waals surface area contributed by atoms with Gasteiger partial charge in [0.05, 0.1) is 6.61 Å². The van der Waals surface area contributed by atoms with E-state index in [0.29, 0.717) is 6.61 Å². The molecule has 76 heavy (non-hydrogen) atoms. The average Bonchev–Trinajstić information content (AvgIpc) is 2.90. The number of hydrogen-bond donors (Lipinski definition) is 1. The zero-order chi connectivity index (χ0) is 52.1. The maximum atomic E-state index is 9.10. The van der Waals surface area contributed by atoms with Crippen molar-refractivity contribution in [3.05, 3.63) is 204 Å². The summed E-state index contributed by atoms with van der Waals surface area (Å²) in [7, 11) is 0. The lowest BCUT2D eigenvalue weighted by atomic mass is 9.53. The molecule has 0 atom stereocenters. The number of aliphatic hydroxyl groups is 1. The van der Waals surface area contributed by atoms with E-state index < -0.39 is 0 Å². The molecule has 6 aromatic carbocycles. The minimum atomic E-state index is 0.0640. The van der Waals surface area contributed by atoms with Crippen molar-refractivity contribution >= 4 is 0 Å². The van der Waals surface area contributed by atoms with Crippen LogP contribution in [-0.4, -0.2) is 18.3 Å². The van der Waals surface area contributed by atoms with Gasteiger partial charge in [-0.15, -0.1) is 5.92 Å². The van der Waals surface area contributed by atoms with Gasteiger partial charge in [-0.2, -0.15) is 0 Å². The standard InChI is InChI=1S/C74H86O2/c1-4-6-7-8-9-10-11-16-19-22-25-36-50-76-66-52-55(54(51-53(66)3)38-26-23-20-17-14-12-13-15-18-21-24-35-49-75)47-48-65-73-69-60-43-31-27-39-56(60)67(57-40-28-32-44-61(57)69)71(73)64(37-5-2)72-68-58-41-29-33-45-62(58)70(74(65)72)63-46-34-30-42-59(63)68/h27-34,39-46,51-52,67-70,75H,4,6-26,35-36,38,49-50H2,1-3H3. The summed E-state index contributed by atoms with van der Waals surface area (Å²) in [6, 6.07) is 41.8. The lowest BCUT2D eigenvalue weighted by molar-refractivity contribution is 0.282. The normalized spacial score (nSPS) is 16.6. The molecule has 0 aliphatic heterocycles. The maximum Gasteiger partial charge on any atom is 0.123 e. The van der Waals surface area contributed by atoms with E-state index in [9.17, 15) is 0 Å². The number of rotatable bonds is 28. The first kappa shape index (κ1) is 53.6. The molecule has 2 nitrogen and oxygen atoms in total. The average molecular weight is 1010 g/mol. The van der Waals surface area contributed by atoms with Crippen LogP contribution < -0.4 is 4.74 Å². The van der Waals surface area contributed by atoms with Gasteiger partial charge in [0.25, 0.3) is 0 Å². The van der Waals surface area contributed by atoms with Crippen LogP contribution in [0.4, 0.5) is 0 Å². The summed E-state index contributed by atoms with van der Waals surface area (Å²) in [5.41, 5.74) is 23.0. The number of benzene rings is 6. The van der Waals surface area contributed by atoms with Gasteiger partial charge in [0, 0.05) is 47.0 Å². The predicted octanol–water partition coefficient (Wildman–Crippen LogP) is 19.0. The third-order valence-electron chi connectivity index (χ3n) is 17.9. The monoisotopic (exact) mass is 1010 g/mol. The van der Waals surface area contributed by atoms with Gasteiger partial charge in [0.15, 0.2) is 0 Å². The topological polar surface area (TPSA) is 29.5 Å². The molecule has 0 amide bonds. The lowest BCUT2D eigenvalue weighted by Crippen LogP contribution is -2.35. The van der Waals surface area contributed by atoms with Gasteiger partial charge in [-0.25, -0.2) is 0 Å². The van der Waals surface area contributed by atoms with Crippen LogP contribution in [0.5, 0.6) is 5.75 Å². The van der Waals surface area contributed by atoms with Gasteiger partial charge in [-0.05, 0) is 123 Å². The van der Waals surface area contributed by atoms with Crippen LogP contribution in [0.3, 0.4) is 0 Å². The summed E-state index contributed by atoms with van der Waals surface area (Å²) in [5.74, 6) is 16.8. The Labute approximate surface area is 458 Å². The number of ether oxygens (including phenoxy) is 1. The van der Waals surface area contributed by atoms with Gasteiger partial charge < -0.3 is 9.84 Å². The molecule has 12 rings (SSSR count). The zero-order valence-electron chi connectivity index (χ0n) is 46.6. The third-order valence-corrected chi connectivity index (χ3v) is 17.9. The van der Waals surface area contributed by atoms with E-state index in [0.717, 1.165) is 37.2 Å². The first-order chi connectivity index (χ1) is 37.6. The molecule has 4 bridgehead atoms. The van der Waals surface area contributed by atoms with E-state index >= 15 is 0 Å². The fourth-order valence-electron chi connectivity index (χ4n) is 14.2. The Morgan fingerprint density at radius 3 is 1.12 bits per heavy atom. The molecule has 0 radical (unpaired) electrons. The van der Waals surface area contributed by atoms with E-state index in [2.05, 4.69) is 147 Å². The maximum absolute atomic E-state index is 9.10. The van der Waals surface area contributed by atoms with Gasteiger partial charge >= 0.3 is 0 Å². The summed E-state index contributed by atoms with van der Waals surface area (Å²) in [4.78, 5) is 0. The van der Waals surface area contributed by atoms with Crippen LogP contribution in [0, 0.1) is 30.6 Å². The molecule has 2 heteroatoms. The van der Waals surface area contributed by atoms with Crippen molar-refractivity contribution in [2.75, 3.05) is 13.2 Å². The second-order valence-electron chi connectivity index (χ2n) is 23.0. The van der Waals surface area contributed by atoms with E-state index in [1.165, 1.54) is 230 Å². The Hall–Kier alpha value is -5.80. The van der Waals surface area contributed by atoms with Gasteiger partial charge in [0.2, 0.25) is 0 Å². The minimum absolute atomic E-state index is 0.0640. The van der Waals surface area contributed by atoms with E-state index in [1.807, 2.05) is 6.92 Å². The summed E-state index contributed by atoms with van der Waals surface area (Å²) < 4.78 is 6.77. The quantitative estimate of drug-likeness (QED) is 0.0391. The molecule has 6 aliphatic carbocycles. The number of aliphatic hydroxyl groups excluding tert-OH is 1. The van der Waals surface area contributed by atoms with Gasteiger partial charge in [-0.3, -0.25) is 0 Å². The largest absolute Gasteiger partial charge is 0.493 e. The fourth-order valence-corrected chi connectivity index (χ4v) is 14.2. The van der Waals surface area contributed by atoms with Crippen molar-refractivity contribution in [2.24, 2.45) is 0 Å². The molecule has 0 aromatic heterocycles. The molecule has 0 heterocycles. The van der Waals surface area contributed by atoms with Crippen molar-refractivity contribution < 1.29 is 9.84 Å². The highest BCUT2D eigenvalue weighted by Gasteiger charge is 2.50. The van der Waals surface area contributed by atoms with Crippen molar-refractivity contribution in [1.29, 1.82) is 0 Å². The number of unbranched alkanes of at least 4 members (excludes halogenated alkanes) is 22. The van der Waals surface area contributed by atoms with Crippen molar-refractivity contribution in [3.63, 3.8) is 0 Å². The van der Waals surface area contributed by atoms with E-state index in [1.54, 1.807) is 0 Å². The highest BCUT2D eigenvalue weighted by atomic mass is 16.5. The second kappa shape index (κ2) is 26.5. The minimum Gasteiger partial charge on any atom is -0.493 e. The van der Waals surface area contributed by atoms with E-state index in [4.69, 9.17) is 9.84 Å². The highest BCUT2D eigenvalue weighted by Crippen LogP contribution is 2.64.